The molecule has 0 aliphatic carbocycles. The van der Waals surface area contributed by atoms with Crippen LogP contribution in [0.2, 0.25) is 0 Å². The Morgan fingerprint density at radius 2 is 2.27 bits per heavy atom. The molecule has 0 aromatic carbocycles. The number of nitrogens with zero attached hydrogens (tertiary/aromatic N) is 3. The maximum absolute atomic E-state index is 9.05. The number of morpholine rings is 1. The van der Waals surface area contributed by atoms with Gasteiger partial charge < -0.3 is 14.7 Å². The Balaban J connectivity index is 2.13. The van der Waals surface area contributed by atoms with Gasteiger partial charge in [-0.3, -0.25) is 0 Å². The third-order valence-electron chi connectivity index (χ3n) is 2.52. The van der Waals surface area contributed by atoms with Gasteiger partial charge in [-0.1, -0.05) is 0 Å². The summed E-state index contributed by atoms with van der Waals surface area (Å²) < 4.78 is 5.44. The van der Waals surface area contributed by atoms with Crippen LogP contribution in [0.4, 0.5) is 5.95 Å². The molecule has 0 radical (unpaired) electrons. The largest absolute Gasteiger partial charge is 0.394 e. The van der Waals surface area contributed by atoms with Crippen LogP contribution in [0.1, 0.15) is 6.92 Å². The van der Waals surface area contributed by atoms with E-state index in [1.165, 1.54) is 0 Å². The smallest absolute Gasteiger partial charge is 0.225 e. The summed E-state index contributed by atoms with van der Waals surface area (Å²) in [6.45, 7) is 3.34. The molecule has 2 heterocycles. The zero-order chi connectivity index (χ0) is 10.7. The van der Waals surface area contributed by atoms with Crippen LogP contribution in [0, 0.1) is 0 Å². The highest BCUT2D eigenvalue weighted by molar-refractivity contribution is 5.31. The van der Waals surface area contributed by atoms with E-state index in [0.717, 1.165) is 0 Å². The third-order valence-corrected chi connectivity index (χ3v) is 2.52. The highest BCUT2D eigenvalue weighted by Crippen LogP contribution is 2.16. The molecule has 0 amide bonds. The number of hydrogen-bond donors (Lipinski definition) is 1. The molecule has 2 unspecified atom stereocenters. The van der Waals surface area contributed by atoms with E-state index in [9.17, 15) is 0 Å². The van der Waals surface area contributed by atoms with Crippen molar-refractivity contribution in [1.82, 2.24) is 9.97 Å². The van der Waals surface area contributed by atoms with Crippen molar-refractivity contribution in [3.63, 3.8) is 0 Å². The van der Waals surface area contributed by atoms with Gasteiger partial charge in [0.25, 0.3) is 0 Å². The number of aliphatic hydroxyl groups is 1. The summed E-state index contributed by atoms with van der Waals surface area (Å²) in [6.07, 6.45) is 3.31. The molecule has 15 heavy (non-hydrogen) atoms. The van der Waals surface area contributed by atoms with Crippen molar-refractivity contribution in [2.45, 2.75) is 19.1 Å². The van der Waals surface area contributed by atoms with Crippen molar-refractivity contribution in [3.05, 3.63) is 18.5 Å². The first-order chi connectivity index (χ1) is 7.31. The SMILES string of the molecule is CC1COC(CO)CN1c1ncccn1. The molecule has 0 saturated carbocycles. The number of rotatable bonds is 2. The second kappa shape index (κ2) is 4.55. The zero-order valence-corrected chi connectivity index (χ0v) is 8.71. The Labute approximate surface area is 88.7 Å². The summed E-state index contributed by atoms with van der Waals surface area (Å²) in [6, 6.07) is 2.04. The van der Waals surface area contributed by atoms with Gasteiger partial charge in [0.15, 0.2) is 0 Å². The number of anilines is 1. The lowest BCUT2D eigenvalue weighted by molar-refractivity contribution is -0.0108. The molecule has 1 N–H and O–H groups in total. The zero-order valence-electron chi connectivity index (χ0n) is 8.71. The predicted molar refractivity (Wildman–Crippen MR) is 55.7 cm³/mol. The quantitative estimate of drug-likeness (QED) is 0.746. The van der Waals surface area contributed by atoms with E-state index in [1.807, 2.05) is 0 Å². The normalized spacial score (nSPS) is 26.7. The van der Waals surface area contributed by atoms with Gasteiger partial charge in [0.2, 0.25) is 5.95 Å². The molecular weight excluding hydrogens is 194 g/mol. The van der Waals surface area contributed by atoms with Gasteiger partial charge in [-0.05, 0) is 13.0 Å². The highest BCUT2D eigenvalue weighted by atomic mass is 16.5. The maximum Gasteiger partial charge on any atom is 0.225 e. The van der Waals surface area contributed by atoms with Crippen LogP contribution < -0.4 is 4.90 Å². The van der Waals surface area contributed by atoms with Crippen molar-refractivity contribution in [2.24, 2.45) is 0 Å². The van der Waals surface area contributed by atoms with Crippen LogP contribution in [0.15, 0.2) is 18.5 Å². The van der Waals surface area contributed by atoms with E-state index in [2.05, 4.69) is 21.8 Å². The molecule has 1 aliphatic rings. The van der Waals surface area contributed by atoms with Crippen LogP contribution in [-0.4, -0.2) is 47.0 Å². The van der Waals surface area contributed by atoms with E-state index >= 15 is 0 Å². The van der Waals surface area contributed by atoms with E-state index < -0.39 is 0 Å². The summed E-state index contributed by atoms with van der Waals surface area (Å²) >= 11 is 0. The molecule has 0 spiro atoms. The van der Waals surface area contributed by atoms with Gasteiger partial charge in [-0.15, -0.1) is 0 Å². The Morgan fingerprint density at radius 1 is 1.53 bits per heavy atom. The molecule has 2 atom stereocenters. The summed E-state index contributed by atoms with van der Waals surface area (Å²) in [5.74, 6) is 0.701. The summed E-state index contributed by atoms with van der Waals surface area (Å²) in [5, 5.41) is 9.05. The average molecular weight is 209 g/mol. The summed E-state index contributed by atoms with van der Waals surface area (Å²) in [4.78, 5) is 10.5. The minimum absolute atomic E-state index is 0.0378. The van der Waals surface area contributed by atoms with Gasteiger partial charge in [-0.2, -0.15) is 0 Å². The van der Waals surface area contributed by atoms with Gasteiger partial charge in [-0.25, -0.2) is 9.97 Å². The molecule has 0 bridgehead atoms. The van der Waals surface area contributed by atoms with Gasteiger partial charge >= 0.3 is 0 Å². The summed E-state index contributed by atoms with van der Waals surface area (Å²) in [5.41, 5.74) is 0. The molecule has 1 fully saturated rings. The van der Waals surface area contributed by atoms with Crippen LogP contribution in [0.5, 0.6) is 0 Å². The monoisotopic (exact) mass is 209 g/mol. The number of hydrogen-bond acceptors (Lipinski definition) is 5. The number of ether oxygens (including phenoxy) is 1. The van der Waals surface area contributed by atoms with Crippen LogP contribution in [0.3, 0.4) is 0 Å². The van der Waals surface area contributed by atoms with E-state index in [4.69, 9.17) is 9.84 Å². The standard InChI is InChI=1S/C10H15N3O2/c1-8-7-15-9(6-14)5-13(8)10-11-3-2-4-12-10/h2-4,8-9,14H,5-7H2,1H3. The van der Waals surface area contributed by atoms with Crippen LogP contribution in [-0.2, 0) is 4.74 Å². The maximum atomic E-state index is 9.05. The first kappa shape index (κ1) is 10.3. The second-order valence-corrected chi connectivity index (χ2v) is 3.69. The molecule has 1 aromatic rings. The Hall–Kier alpha value is -1.20. The topological polar surface area (TPSA) is 58.5 Å². The van der Waals surface area contributed by atoms with Crippen LogP contribution >= 0.6 is 0 Å². The number of aromatic nitrogens is 2. The number of aliphatic hydroxyl groups excluding tert-OH is 1. The lowest BCUT2D eigenvalue weighted by Crippen LogP contribution is -2.50. The fraction of sp³-hybridized carbons (Fsp3) is 0.600. The van der Waals surface area contributed by atoms with Crippen molar-refractivity contribution >= 4 is 5.95 Å². The second-order valence-electron chi connectivity index (χ2n) is 3.69. The minimum Gasteiger partial charge on any atom is -0.394 e. The molecule has 1 saturated heterocycles. The Kier molecular flexibility index (Phi) is 3.13. The lowest BCUT2D eigenvalue weighted by atomic mass is 10.2. The molecule has 2 rings (SSSR count). The lowest BCUT2D eigenvalue weighted by Gasteiger charge is -2.37. The van der Waals surface area contributed by atoms with Gasteiger partial charge in [0.05, 0.1) is 25.4 Å². The van der Waals surface area contributed by atoms with Crippen molar-refractivity contribution in [2.75, 3.05) is 24.7 Å². The molecule has 5 heteroatoms. The fourth-order valence-corrected chi connectivity index (χ4v) is 1.65. The van der Waals surface area contributed by atoms with Crippen molar-refractivity contribution in [1.29, 1.82) is 0 Å². The van der Waals surface area contributed by atoms with Crippen LogP contribution in [0.25, 0.3) is 0 Å². The fourth-order valence-electron chi connectivity index (χ4n) is 1.65. The molecule has 1 aromatic heterocycles. The average Bonchev–Trinajstić information content (AvgIpc) is 2.31. The van der Waals surface area contributed by atoms with E-state index in [1.54, 1.807) is 18.5 Å². The van der Waals surface area contributed by atoms with E-state index in [-0.39, 0.29) is 18.8 Å². The van der Waals surface area contributed by atoms with Gasteiger partial charge in [0, 0.05) is 18.9 Å². The summed E-state index contributed by atoms with van der Waals surface area (Å²) in [7, 11) is 0. The molecule has 5 nitrogen and oxygen atoms in total. The molecule has 1 aliphatic heterocycles. The Morgan fingerprint density at radius 3 is 2.93 bits per heavy atom. The third kappa shape index (κ3) is 2.24. The minimum atomic E-state index is -0.134. The Bertz CT molecular complexity index is 307. The molecule has 82 valence electrons. The van der Waals surface area contributed by atoms with Gasteiger partial charge in [0.1, 0.15) is 0 Å². The first-order valence-electron chi connectivity index (χ1n) is 5.07. The highest BCUT2D eigenvalue weighted by Gasteiger charge is 2.27. The van der Waals surface area contributed by atoms with E-state index in [0.29, 0.717) is 19.1 Å². The predicted octanol–water partition coefficient (Wildman–Crippen LogP) is 0.0626. The first-order valence-corrected chi connectivity index (χ1v) is 5.07. The molecular formula is C10H15N3O2. The van der Waals surface area contributed by atoms with Crippen molar-refractivity contribution in [3.8, 4) is 0 Å². The van der Waals surface area contributed by atoms with Crippen molar-refractivity contribution < 1.29 is 9.84 Å².